The van der Waals surface area contributed by atoms with Crippen LogP contribution in [-0.2, 0) is 0 Å². The first-order chi connectivity index (χ1) is 8.65. The molecule has 1 rings (SSSR count). The van der Waals surface area contributed by atoms with Gasteiger partial charge in [-0.3, -0.25) is 10.4 Å². The number of thioether (sulfide) groups is 1. The van der Waals surface area contributed by atoms with Crippen LogP contribution >= 0.6 is 11.8 Å². The molecule has 18 heavy (non-hydrogen) atoms. The standard InChI is InChI=1S/C11H16F2N4S/c1-2-7-15-11(17-14)16-8-3-5-9(6-4-8)18-10(12)13/h3-6,10H,2,7,14H2,1H3,(H2,15,16,17). The predicted octanol–water partition coefficient (Wildman–Crippen LogP) is 2.64. The normalized spacial score (nSPS) is 11.7. The maximum atomic E-state index is 12.1. The van der Waals surface area contributed by atoms with Gasteiger partial charge in [-0.25, -0.2) is 5.84 Å². The molecular weight excluding hydrogens is 258 g/mol. The number of hydrazine groups is 1. The molecule has 100 valence electrons. The first-order valence-corrected chi connectivity index (χ1v) is 6.36. The Bertz CT molecular complexity index is 381. The molecule has 0 saturated carbocycles. The Labute approximate surface area is 109 Å². The van der Waals surface area contributed by atoms with Crippen molar-refractivity contribution < 1.29 is 8.78 Å². The van der Waals surface area contributed by atoms with E-state index >= 15 is 0 Å². The van der Waals surface area contributed by atoms with Crippen LogP contribution in [-0.4, -0.2) is 18.3 Å². The zero-order valence-electron chi connectivity index (χ0n) is 9.99. The number of benzene rings is 1. The van der Waals surface area contributed by atoms with Crippen LogP contribution in [0.5, 0.6) is 0 Å². The average Bonchev–Trinajstić information content (AvgIpc) is 2.36. The van der Waals surface area contributed by atoms with Gasteiger partial charge < -0.3 is 5.32 Å². The Kier molecular flexibility index (Phi) is 6.45. The minimum Gasteiger partial charge on any atom is -0.325 e. The van der Waals surface area contributed by atoms with E-state index in [-0.39, 0.29) is 0 Å². The van der Waals surface area contributed by atoms with Gasteiger partial charge in [0.05, 0.1) is 0 Å². The van der Waals surface area contributed by atoms with Crippen molar-refractivity contribution in [3.8, 4) is 0 Å². The van der Waals surface area contributed by atoms with E-state index in [4.69, 9.17) is 5.84 Å². The number of alkyl halides is 2. The topological polar surface area (TPSA) is 62.4 Å². The lowest BCUT2D eigenvalue weighted by atomic mass is 10.3. The van der Waals surface area contributed by atoms with Gasteiger partial charge in [0.15, 0.2) is 0 Å². The zero-order valence-corrected chi connectivity index (χ0v) is 10.8. The Hall–Kier alpha value is -1.34. The summed E-state index contributed by atoms with van der Waals surface area (Å²) in [6.07, 6.45) is 0.914. The minimum absolute atomic E-state index is 0.450. The van der Waals surface area contributed by atoms with Gasteiger partial charge in [-0.15, -0.1) is 0 Å². The van der Waals surface area contributed by atoms with Crippen molar-refractivity contribution in [1.82, 2.24) is 5.43 Å². The maximum Gasteiger partial charge on any atom is 0.288 e. The molecule has 4 nitrogen and oxygen atoms in total. The second kappa shape index (κ2) is 7.88. The van der Waals surface area contributed by atoms with Crippen LogP contribution in [0.1, 0.15) is 13.3 Å². The molecule has 0 amide bonds. The molecule has 0 unspecified atom stereocenters. The SMILES string of the molecule is CCCN=C(NN)Nc1ccc(SC(F)F)cc1. The van der Waals surface area contributed by atoms with Gasteiger partial charge in [-0.2, -0.15) is 8.78 Å². The van der Waals surface area contributed by atoms with Crippen molar-refractivity contribution in [3.63, 3.8) is 0 Å². The Morgan fingerprint density at radius 3 is 2.56 bits per heavy atom. The van der Waals surface area contributed by atoms with Crippen LogP contribution in [0.4, 0.5) is 14.5 Å². The van der Waals surface area contributed by atoms with E-state index in [1.54, 1.807) is 24.3 Å². The molecule has 0 aliphatic rings. The molecule has 0 radical (unpaired) electrons. The summed E-state index contributed by atoms with van der Waals surface area (Å²) in [7, 11) is 0. The predicted molar refractivity (Wildman–Crippen MR) is 71.8 cm³/mol. The molecule has 0 heterocycles. The van der Waals surface area contributed by atoms with Crippen LogP contribution in [0.3, 0.4) is 0 Å². The second-order valence-corrected chi connectivity index (χ2v) is 4.47. The van der Waals surface area contributed by atoms with Crippen LogP contribution in [0.15, 0.2) is 34.2 Å². The summed E-state index contributed by atoms with van der Waals surface area (Å²) < 4.78 is 24.3. The highest BCUT2D eigenvalue weighted by Crippen LogP contribution is 2.26. The highest BCUT2D eigenvalue weighted by Gasteiger charge is 2.05. The quantitative estimate of drug-likeness (QED) is 0.254. The maximum absolute atomic E-state index is 12.1. The third kappa shape index (κ3) is 5.33. The molecule has 1 aromatic carbocycles. The fourth-order valence-electron chi connectivity index (χ4n) is 1.20. The van der Waals surface area contributed by atoms with E-state index in [9.17, 15) is 8.78 Å². The summed E-state index contributed by atoms with van der Waals surface area (Å²) >= 11 is 0.514. The van der Waals surface area contributed by atoms with E-state index in [1.807, 2.05) is 6.92 Å². The number of aliphatic imine (C=N–C) groups is 1. The number of hydrogen-bond donors (Lipinski definition) is 3. The number of halogens is 2. The Morgan fingerprint density at radius 2 is 2.06 bits per heavy atom. The lowest BCUT2D eigenvalue weighted by molar-refractivity contribution is 0.252. The third-order valence-corrected chi connectivity index (χ3v) is 2.69. The number of nitrogens with one attached hydrogen (secondary N) is 2. The number of hydrogen-bond acceptors (Lipinski definition) is 3. The summed E-state index contributed by atoms with van der Waals surface area (Å²) in [5, 5.41) is 2.96. The first-order valence-electron chi connectivity index (χ1n) is 5.48. The first kappa shape index (κ1) is 14.7. The third-order valence-electron chi connectivity index (χ3n) is 1.97. The summed E-state index contributed by atoms with van der Waals surface area (Å²) in [4.78, 5) is 4.69. The Morgan fingerprint density at radius 1 is 1.39 bits per heavy atom. The summed E-state index contributed by atoms with van der Waals surface area (Å²) in [5.74, 6) is 3.35. The van der Waals surface area contributed by atoms with E-state index < -0.39 is 5.76 Å². The molecule has 7 heteroatoms. The molecular formula is C11H16F2N4S. The van der Waals surface area contributed by atoms with Crippen molar-refractivity contribution in [1.29, 1.82) is 0 Å². The van der Waals surface area contributed by atoms with Crippen molar-refractivity contribution in [2.24, 2.45) is 10.8 Å². The van der Waals surface area contributed by atoms with Gasteiger partial charge in [0.2, 0.25) is 5.96 Å². The van der Waals surface area contributed by atoms with Crippen LogP contribution in [0.25, 0.3) is 0 Å². The highest BCUT2D eigenvalue weighted by atomic mass is 32.2. The van der Waals surface area contributed by atoms with Gasteiger partial charge in [0.25, 0.3) is 5.76 Å². The second-order valence-electron chi connectivity index (χ2n) is 3.40. The molecule has 0 aliphatic carbocycles. The molecule has 0 fully saturated rings. The molecule has 0 aromatic heterocycles. The van der Waals surface area contributed by atoms with Gasteiger partial charge in [-0.1, -0.05) is 18.7 Å². The number of anilines is 1. The monoisotopic (exact) mass is 274 g/mol. The fraction of sp³-hybridized carbons (Fsp3) is 0.364. The summed E-state index contributed by atoms with van der Waals surface area (Å²) in [6, 6.07) is 6.63. The molecule has 0 aliphatic heterocycles. The average molecular weight is 274 g/mol. The smallest absolute Gasteiger partial charge is 0.288 e. The van der Waals surface area contributed by atoms with Crippen LogP contribution < -0.4 is 16.6 Å². The van der Waals surface area contributed by atoms with Crippen LogP contribution in [0, 0.1) is 0 Å². The largest absolute Gasteiger partial charge is 0.325 e. The molecule has 1 aromatic rings. The van der Waals surface area contributed by atoms with E-state index in [0.717, 1.165) is 12.1 Å². The number of nitrogens with two attached hydrogens (primary N) is 1. The van der Waals surface area contributed by atoms with Crippen molar-refractivity contribution in [2.45, 2.75) is 24.0 Å². The molecule has 0 spiro atoms. The zero-order chi connectivity index (χ0) is 13.4. The Balaban J connectivity index is 2.62. The molecule has 0 atom stereocenters. The van der Waals surface area contributed by atoms with E-state index in [0.29, 0.717) is 29.2 Å². The van der Waals surface area contributed by atoms with Crippen molar-refractivity contribution in [2.75, 3.05) is 11.9 Å². The highest BCUT2D eigenvalue weighted by molar-refractivity contribution is 7.99. The van der Waals surface area contributed by atoms with Crippen LogP contribution in [0.2, 0.25) is 0 Å². The lowest BCUT2D eigenvalue weighted by Crippen LogP contribution is -2.36. The summed E-state index contributed by atoms with van der Waals surface area (Å²) in [5.41, 5.74) is 3.18. The van der Waals surface area contributed by atoms with Crippen molar-refractivity contribution >= 4 is 23.4 Å². The number of rotatable bonds is 5. The van der Waals surface area contributed by atoms with Gasteiger partial charge in [0, 0.05) is 17.1 Å². The van der Waals surface area contributed by atoms with Gasteiger partial charge >= 0.3 is 0 Å². The molecule has 0 bridgehead atoms. The van der Waals surface area contributed by atoms with E-state index in [1.165, 1.54) is 0 Å². The van der Waals surface area contributed by atoms with E-state index in [2.05, 4.69) is 15.7 Å². The fourth-order valence-corrected chi connectivity index (χ4v) is 1.70. The van der Waals surface area contributed by atoms with Gasteiger partial charge in [0.1, 0.15) is 0 Å². The summed E-state index contributed by atoms with van der Waals surface area (Å²) in [6.45, 7) is 2.67. The lowest BCUT2D eigenvalue weighted by Gasteiger charge is -2.09. The minimum atomic E-state index is -2.41. The number of nitrogens with zero attached hydrogens (tertiary/aromatic N) is 1. The molecule has 4 N–H and O–H groups in total. The number of guanidine groups is 1. The van der Waals surface area contributed by atoms with Gasteiger partial charge in [-0.05, 0) is 30.7 Å². The van der Waals surface area contributed by atoms with Crippen molar-refractivity contribution in [3.05, 3.63) is 24.3 Å². The molecule has 0 saturated heterocycles.